The van der Waals surface area contributed by atoms with Crippen molar-refractivity contribution < 1.29 is 24.2 Å². The number of carbonyl (C=O) groups excluding carboxylic acids is 2. The maximum atomic E-state index is 12.6. The first-order valence-electron chi connectivity index (χ1n) is 11.6. The number of benzene rings is 2. The minimum atomic E-state index is -0.852. The zero-order valence-corrected chi connectivity index (χ0v) is 18.4. The fourth-order valence-corrected chi connectivity index (χ4v) is 5.45. The Kier molecular flexibility index (Phi) is 5.79. The van der Waals surface area contributed by atoms with E-state index < -0.39 is 18.0 Å². The summed E-state index contributed by atoms with van der Waals surface area (Å²) in [5.74, 6) is -1.26. The summed E-state index contributed by atoms with van der Waals surface area (Å²) in [7, 11) is 0. The molecule has 0 radical (unpaired) electrons. The van der Waals surface area contributed by atoms with E-state index in [9.17, 15) is 14.4 Å². The highest BCUT2D eigenvalue weighted by atomic mass is 16.5. The highest BCUT2D eigenvalue weighted by molar-refractivity contribution is 5.81. The number of likely N-dealkylation sites (tertiary alicyclic amines) is 1. The normalized spacial score (nSPS) is 21.8. The van der Waals surface area contributed by atoms with Crippen LogP contribution < -0.4 is 5.32 Å². The smallest absolute Gasteiger partial charge is 0.407 e. The molecule has 2 aliphatic carbocycles. The van der Waals surface area contributed by atoms with E-state index in [0.717, 1.165) is 19.3 Å². The third-order valence-electron chi connectivity index (χ3n) is 7.33. The van der Waals surface area contributed by atoms with Crippen molar-refractivity contribution in [1.82, 2.24) is 10.2 Å². The molecule has 33 heavy (non-hydrogen) atoms. The van der Waals surface area contributed by atoms with E-state index in [1.54, 1.807) is 4.90 Å². The van der Waals surface area contributed by atoms with E-state index in [0.29, 0.717) is 6.42 Å². The van der Waals surface area contributed by atoms with Gasteiger partial charge in [0.25, 0.3) is 0 Å². The molecule has 2 aromatic carbocycles. The number of hydrogen-bond donors (Lipinski definition) is 2. The van der Waals surface area contributed by atoms with Gasteiger partial charge < -0.3 is 20.1 Å². The van der Waals surface area contributed by atoms with Crippen LogP contribution in [0, 0.1) is 11.8 Å². The number of carboxylic acids is 1. The molecule has 3 aliphatic rings. The number of ether oxygens (including phenoxy) is 1. The fraction of sp³-hybridized carbons (Fsp3) is 0.423. The Morgan fingerprint density at radius 2 is 1.61 bits per heavy atom. The topological polar surface area (TPSA) is 95.9 Å². The van der Waals surface area contributed by atoms with Crippen molar-refractivity contribution in [3.8, 4) is 11.1 Å². The van der Waals surface area contributed by atoms with E-state index >= 15 is 0 Å². The Balaban J connectivity index is 1.15. The quantitative estimate of drug-likeness (QED) is 0.704. The maximum Gasteiger partial charge on any atom is 0.407 e. The van der Waals surface area contributed by atoms with Gasteiger partial charge >= 0.3 is 12.1 Å². The van der Waals surface area contributed by atoms with Crippen LogP contribution in [0.3, 0.4) is 0 Å². The molecule has 2 aromatic rings. The minimum absolute atomic E-state index is 0.0118. The van der Waals surface area contributed by atoms with Crippen LogP contribution >= 0.6 is 0 Å². The van der Waals surface area contributed by atoms with E-state index in [-0.39, 0.29) is 43.5 Å². The predicted molar refractivity (Wildman–Crippen MR) is 122 cm³/mol. The van der Waals surface area contributed by atoms with Crippen LogP contribution in [0.5, 0.6) is 0 Å². The van der Waals surface area contributed by atoms with Gasteiger partial charge in [-0.15, -0.1) is 0 Å². The molecule has 7 nitrogen and oxygen atoms in total. The van der Waals surface area contributed by atoms with E-state index in [4.69, 9.17) is 9.84 Å². The molecule has 7 heteroatoms. The molecule has 0 bridgehead atoms. The number of rotatable bonds is 6. The lowest BCUT2D eigenvalue weighted by molar-refractivity contribution is -0.153. The number of nitrogens with one attached hydrogen (secondary N) is 1. The van der Waals surface area contributed by atoms with E-state index in [1.807, 2.05) is 24.3 Å². The van der Waals surface area contributed by atoms with Crippen molar-refractivity contribution in [1.29, 1.82) is 0 Å². The lowest BCUT2D eigenvalue weighted by atomic mass is 9.95. The lowest BCUT2D eigenvalue weighted by Gasteiger charge is -2.37. The first kappa shape index (κ1) is 21.5. The molecule has 5 rings (SSSR count). The first-order chi connectivity index (χ1) is 16.0. The number of carbonyl (C=O) groups is 3. The van der Waals surface area contributed by atoms with Gasteiger partial charge in [-0.3, -0.25) is 9.59 Å². The van der Waals surface area contributed by atoms with Gasteiger partial charge in [-0.2, -0.15) is 0 Å². The molecular formula is C26H28N2O5. The number of amides is 2. The van der Waals surface area contributed by atoms with Gasteiger partial charge in [-0.1, -0.05) is 55.0 Å². The number of alkyl carbamates (subject to hydrolysis) is 1. The molecule has 0 spiro atoms. The van der Waals surface area contributed by atoms with Crippen molar-refractivity contribution in [3.63, 3.8) is 0 Å². The monoisotopic (exact) mass is 448 g/mol. The Bertz CT molecular complexity index is 1030. The molecule has 1 heterocycles. The Morgan fingerprint density at radius 3 is 2.24 bits per heavy atom. The summed E-state index contributed by atoms with van der Waals surface area (Å²) in [5.41, 5.74) is 4.72. The van der Waals surface area contributed by atoms with Crippen molar-refractivity contribution in [2.45, 2.75) is 37.6 Å². The number of aliphatic carboxylic acids is 1. The summed E-state index contributed by atoms with van der Waals surface area (Å²) in [6.07, 6.45) is 2.52. The molecule has 2 fully saturated rings. The maximum absolute atomic E-state index is 12.6. The van der Waals surface area contributed by atoms with E-state index in [2.05, 4.69) is 29.6 Å². The summed E-state index contributed by atoms with van der Waals surface area (Å²) in [6.45, 7) is 0.831. The second-order valence-corrected chi connectivity index (χ2v) is 9.31. The molecule has 2 amide bonds. The summed E-state index contributed by atoms with van der Waals surface area (Å²) in [6, 6.07) is 16.3. The van der Waals surface area contributed by atoms with Gasteiger partial charge in [0.1, 0.15) is 6.61 Å². The number of carboxylic acid groups (broad SMARTS) is 1. The average molecular weight is 449 g/mol. The molecule has 2 atom stereocenters. The van der Waals surface area contributed by atoms with Gasteiger partial charge in [-0.05, 0) is 41.0 Å². The predicted octanol–water partition coefficient (Wildman–Crippen LogP) is 3.63. The van der Waals surface area contributed by atoms with Crippen molar-refractivity contribution >= 4 is 18.0 Å². The van der Waals surface area contributed by atoms with Crippen molar-refractivity contribution in [2.24, 2.45) is 11.8 Å². The second-order valence-electron chi connectivity index (χ2n) is 9.31. The van der Waals surface area contributed by atoms with E-state index in [1.165, 1.54) is 22.3 Å². The third-order valence-corrected chi connectivity index (χ3v) is 7.33. The van der Waals surface area contributed by atoms with Gasteiger partial charge in [0, 0.05) is 31.5 Å². The fourth-order valence-electron chi connectivity index (χ4n) is 5.45. The van der Waals surface area contributed by atoms with Crippen LogP contribution in [-0.2, 0) is 14.3 Å². The summed E-state index contributed by atoms with van der Waals surface area (Å²) < 4.78 is 5.66. The molecule has 1 aliphatic heterocycles. The van der Waals surface area contributed by atoms with Gasteiger partial charge in [0.15, 0.2) is 0 Å². The molecular weight excluding hydrogens is 420 g/mol. The number of nitrogens with zero attached hydrogens (tertiary/aromatic N) is 1. The van der Waals surface area contributed by atoms with Crippen LogP contribution in [0.15, 0.2) is 48.5 Å². The zero-order valence-electron chi connectivity index (χ0n) is 18.4. The number of hydrogen-bond acceptors (Lipinski definition) is 4. The molecule has 172 valence electrons. The Labute approximate surface area is 192 Å². The molecule has 1 saturated carbocycles. The molecule has 0 aromatic heterocycles. The summed E-state index contributed by atoms with van der Waals surface area (Å²) in [4.78, 5) is 37.7. The highest BCUT2D eigenvalue weighted by Gasteiger charge is 2.38. The first-order valence-corrected chi connectivity index (χ1v) is 11.6. The van der Waals surface area contributed by atoms with Crippen molar-refractivity contribution in [3.05, 3.63) is 59.7 Å². The van der Waals surface area contributed by atoms with Crippen LogP contribution in [0.4, 0.5) is 4.79 Å². The summed E-state index contributed by atoms with van der Waals surface area (Å²) in [5, 5.41) is 12.0. The van der Waals surface area contributed by atoms with Crippen molar-refractivity contribution in [2.75, 3.05) is 19.7 Å². The van der Waals surface area contributed by atoms with Gasteiger partial charge in [-0.25, -0.2) is 4.79 Å². The van der Waals surface area contributed by atoms with Gasteiger partial charge in [0.05, 0.1) is 5.92 Å². The molecule has 1 saturated heterocycles. The average Bonchev–Trinajstić information content (AvgIpc) is 3.33. The van der Waals surface area contributed by atoms with Crippen LogP contribution in [0.2, 0.25) is 0 Å². The SMILES string of the molecule is O=C(N[C@@H]1CCC[C@H]1CC(=O)N1CC(C(=O)O)C1)OCC1c2ccccc2-c2ccccc21. The standard InChI is InChI=1S/C26H28N2O5/c29-24(28-13-17(14-28)25(30)31)12-16-6-5-11-23(16)27-26(32)33-15-22-20-9-3-1-7-18(20)19-8-2-4-10-21(19)22/h1-4,7-10,16-17,22-23H,5-6,11-15H2,(H,27,32)(H,30,31)/t16-,23+/m0/s1. The largest absolute Gasteiger partial charge is 0.481 e. The molecule has 2 N–H and O–H groups in total. The second kappa shape index (κ2) is 8.89. The molecule has 0 unspecified atom stereocenters. The third kappa shape index (κ3) is 4.19. The zero-order chi connectivity index (χ0) is 22.9. The minimum Gasteiger partial charge on any atom is -0.481 e. The lowest BCUT2D eigenvalue weighted by Crippen LogP contribution is -2.53. The van der Waals surface area contributed by atoms with Crippen LogP contribution in [0.25, 0.3) is 11.1 Å². The van der Waals surface area contributed by atoms with Crippen LogP contribution in [0.1, 0.15) is 42.7 Å². The highest BCUT2D eigenvalue weighted by Crippen LogP contribution is 2.44. The number of fused-ring (bicyclic) bond motifs is 3. The van der Waals surface area contributed by atoms with Crippen LogP contribution in [-0.4, -0.2) is 53.7 Å². The van der Waals surface area contributed by atoms with Gasteiger partial charge in [0.2, 0.25) is 5.91 Å². The Morgan fingerprint density at radius 1 is 0.970 bits per heavy atom. The Hall–Kier alpha value is -3.35. The summed E-state index contributed by atoms with van der Waals surface area (Å²) >= 11 is 0.